The Bertz CT molecular complexity index is 1030. The fourth-order valence-electron chi connectivity index (χ4n) is 3.03. The summed E-state index contributed by atoms with van der Waals surface area (Å²) in [6.07, 6.45) is 1.83. The molecule has 1 amide bonds. The van der Waals surface area contributed by atoms with Crippen molar-refractivity contribution >= 4 is 11.9 Å². The lowest BCUT2D eigenvalue weighted by Gasteiger charge is -2.22. The average Bonchev–Trinajstić information content (AvgIpc) is 3.28. The quantitative estimate of drug-likeness (QED) is 0.421. The number of likely N-dealkylation sites (N-methyl/N-ethyl adjacent to an activating group) is 1. The van der Waals surface area contributed by atoms with Crippen LogP contribution < -0.4 is 10.1 Å². The Labute approximate surface area is 188 Å². The number of hydrogen-bond donors (Lipinski definition) is 2. The van der Waals surface area contributed by atoms with Gasteiger partial charge in [0, 0.05) is 21.1 Å². The van der Waals surface area contributed by atoms with Gasteiger partial charge in [-0.3, -0.25) is 4.79 Å². The molecule has 1 heterocycles. The molecule has 168 valence electrons. The van der Waals surface area contributed by atoms with Crippen LogP contribution in [0, 0.1) is 0 Å². The molecule has 8 heteroatoms. The highest BCUT2D eigenvalue weighted by Crippen LogP contribution is 2.17. The SMILES string of the molecule is COc1ccc(CN=C(NCC(=O)N(C)C)N(C)Cc2ncc(-c3ccccc3)[nH]2)cc1. The maximum Gasteiger partial charge on any atom is 0.241 e. The van der Waals surface area contributed by atoms with Gasteiger partial charge in [0.25, 0.3) is 0 Å². The number of carbonyl (C=O) groups excluding carboxylic acids is 1. The minimum absolute atomic E-state index is 0.0279. The smallest absolute Gasteiger partial charge is 0.241 e. The van der Waals surface area contributed by atoms with E-state index in [4.69, 9.17) is 9.73 Å². The molecule has 2 N–H and O–H groups in total. The van der Waals surface area contributed by atoms with E-state index in [1.165, 1.54) is 0 Å². The molecule has 0 aliphatic heterocycles. The van der Waals surface area contributed by atoms with E-state index < -0.39 is 0 Å². The van der Waals surface area contributed by atoms with E-state index in [1.54, 1.807) is 26.1 Å². The van der Waals surface area contributed by atoms with Crippen molar-refractivity contribution in [3.05, 3.63) is 72.2 Å². The second kappa shape index (κ2) is 11.0. The monoisotopic (exact) mass is 434 g/mol. The summed E-state index contributed by atoms with van der Waals surface area (Å²) in [5.74, 6) is 2.20. The first-order valence-electron chi connectivity index (χ1n) is 10.4. The second-order valence-electron chi connectivity index (χ2n) is 7.60. The number of carbonyl (C=O) groups is 1. The highest BCUT2D eigenvalue weighted by Gasteiger charge is 2.13. The van der Waals surface area contributed by atoms with Crippen LogP contribution in [0.1, 0.15) is 11.4 Å². The van der Waals surface area contributed by atoms with Gasteiger partial charge in [0.1, 0.15) is 11.6 Å². The molecule has 8 nitrogen and oxygen atoms in total. The zero-order chi connectivity index (χ0) is 22.9. The van der Waals surface area contributed by atoms with Crippen molar-refractivity contribution in [2.45, 2.75) is 13.1 Å². The number of aromatic nitrogens is 2. The van der Waals surface area contributed by atoms with Crippen molar-refractivity contribution in [1.29, 1.82) is 0 Å². The van der Waals surface area contributed by atoms with Gasteiger partial charge in [0.15, 0.2) is 5.96 Å². The van der Waals surface area contributed by atoms with Gasteiger partial charge in [-0.2, -0.15) is 0 Å². The molecule has 0 aliphatic rings. The molecule has 32 heavy (non-hydrogen) atoms. The van der Waals surface area contributed by atoms with E-state index in [-0.39, 0.29) is 12.5 Å². The molecule has 2 aromatic carbocycles. The number of aliphatic imine (C=N–C) groups is 1. The van der Waals surface area contributed by atoms with Crippen LogP contribution >= 0.6 is 0 Å². The molecule has 0 unspecified atom stereocenters. The summed E-state index contributed by atoms with van der Waals surface area (Å²) in [7, 11) is 7.03. The van der Waals surface area contributed by atoms with Gasteiger partial charge in [0.2, 0.25) is 5.91 Å². The highest BCUT2D eigenvalue weighted by molar-refractivity contribution is 5.86. The van der Waals surface area contributed by atoms with Crippen LogP contribution in [-0.2, 0) is 17.9 Å². The lowest BCUT2D eigenvalue weighted by atomic mass is 10.2. The minimum Gasteiger partial charge on any atom is -0.497 e. The fourth-order valence-corrected chi connectivity index (χ4v) is 3.03. The topological polar surface area (TPSA) is 85.8 Å². The Morgan fingerprint density at radius 2 is 1.81 bits per heavy atom. The second-order valence-corrected chi connectivity index (χ2v) is 7.60. The standard InChI is InChI=1S/C24H30N6O2/c1-29(2)23(31)16-27-24(26-14-18-10-12-20(32-4)13-11-18)30(3)17-22-25-15-21(28-22)19-8-6-5-7-9-19/h5-13,15H,14,16-17H2,1-4H3,(H,25,28)(H,26,27). The van der Waals surface area contributed by atoms with Gasteiger partial charge < -0.3 is 24.8 Å². The van der Waals surface area contributed by atoms with Gasteiger partial charge in [0.05, 0.1) is 38.6 Å². The number of amides is 1. The minimum atomic E-state index is -0.0279. The van der Waals surface area contributed by atoms with Gasteiger partial charge >= 0.3 is 0 Å². The van der Waals surface area contributed by atoms with E-state index in [9.17, 15) is 4.79 Å². The number of nitrogens with zero attached hydrogens (tertiary/aromatic N) is 4. The maximum atomic E-state index is 12.1. The van der Waals surface area contributed by atoms with Crippen molar-refractivity contribution in [1.82, 2.24) is 25.1 Å². The Hall–Kier alpha value is -3.81. The third kappa shape index (κ3) is 6.34. The Kier molecular flexibility index (Phi) is 7.85. The first-order valence-corrected chi connectivity index (χ1v) is 10.4. The number of methoxy groups -OCH3 is 1. The predicted molar refractivity (Wildman–Crippen MR) is 126 cm³/mol. The molecule has 0 spiro atoms. The van der Waals surface area contributed by atoms with Crippen molar-refractivity contribution < 1.29 is 9.53 Å². The summed E-state index contributed by atoms with van der Waals surface area (Å²) in [6, 6.07) is 17.8. The third-order valence-electron chi connectivity index (χ3n) is 4.93. The Morgan fingerprint density at radius 3 is 2.47 bits per heavy atom. The first kappa shape index (κ1) is 22.9. The van der Waals surface area contributed by atoms with E-state index in [0.29, 0.717) is 19.0 Å². The molecule has 0 aliphatic carbocycles. The van der Waals surface area contributed by atoms with Gasteiger partial charge in [-0.15, -0.1) is 0 Å². The molecular weight excluding hydrogens is 404 g/mol. The lowest BCUT2D eigenvalue weighted by molar-refractivity contribution is -0.127. The number of nitrogens with one attached hydrogen (secondary N) is 2. The number of rotatable bonds is 8. The normalized spacial score (nSPS) is 11.2. The molecule has 3 aromatic rings. The van der Waals surface area contributed by atoms with Crippen LogP contribution in [0.2, 0.25) is 0 Å². The predicted octanol–water partition coefficient (Wildman–Crippen LogP) is 2.75. The van der Waals surface area contributed by atoms with E-state index in [0.717, 1.165) is 28.4 Å². The summed E-state index contributed by atoms with van der Waals surface area (Å²) in [5.41, 5.74) is 3.08. The molecule has 3 rings (SSSR count). The Morgan fingerprint density at radius 1 is 1.09 bits per heavy atom. The fraction of sp³-hybridized carbons (Fsp3) is 0.292. The number of H-pyrrole nitrogens is 1. The zero-order valence-corrected chi connectivity index (χ0v) is 19.0. The third-order valence-corrected chi connectivity index (χ3v) is 4.93. The van der Waals surface area contributed by atoms with Crippen molar-refractivity contribution in [3.63, 3.8) is 0 Å². The van der Waals surface area contributed by atoms with Crippen LogP contribution in [0.5, 0.6) is 5.75 Å². The van der Waals surface area contributed by atoms with Crippen LogP contribution in [0.25, 0.3) is 11.3 Å². The molecule has 1 aromatic heterocycles. The summed E-state index contributed by atoms with van der Waals surface area (Å²) >= 11 is 0. The first-order chi connectivity index (χ1) is 15.5. The molecule has 0 fully saturated rings. The van der Waals surface area contributed by atoms with Crippen LogP contribution in [0.15, 0.2) is 65.8 Å². The summed E-state index contributed by atoms with van der Waals surface area (Å²) < 4.78 is 5.21. The highest BCUT2D eigenvalue weighted by atomic mass is 16.5. The number of hydrogen-bond acceptors (Lipinski definition) is 4. The van der Waals surface area contributed by atoms with Crippen LogP contribution in [0.4, 0.5) is 0 Å². The van der Waals surface area contributed by atoms with Crippen molar-refractivity contribution in [2.24, 2.45) is 4.99 Å². The molecular formula is C24H30N6O2. The van der Waals surface area contributed by atoms with Crippen molar-refractivity contribution in [2.75, 3.05) is 34.8 Å². The van der Waals surface area contributed by atoms with E-state index >= 15 is 0 Å². The average molecular weight is 435 g/mol. The van der Waals surface area contributed by atoms with Gasteiger partial charge in [-0.25, -0.2) is 9.98 Å². The van der Waals surface area contributed by atoms with E-state index in [2.05, 4.69) is 15.3 Å². The molecule has 0 atom stereocenters. The number of benzene rings is 2. The molecule has 0 radical (unpaired) electrons. The van der Waals surface area contributed by atoms with Crippen LogP contribution in [-0.4, -0.2) is 66.4 Å². The zero-order valence-electron chi connectivity index (χ0n) is 19.0. The Balaban J connectivity index is 1.72. The number of guanidine groups is 1. The number of ether oxygens (including phenoxy) is 1. The molecule has 0 saturated carbocycles. The molecule has 0 saturated heterocycles. The molecule has 0 bridgehead atoms. The van der Waals surface area contributed by atoms with Gasteiger partial charge in [-0.1, -0.05) is 42.5 Å². The number of aromatic amines is 1. The van der Waals surface area contributed by atoms with Crippen LogP contribution in [0.3, 0.4) is 0 Å². The lowest BCUT2D eigenvalue weighted by Crippen LogP contribution is -2.43. The summed E-state index contributed by atoms with van der Waals surface area (Å²) in [5, 5.41) is 3.17. The summed E-state index contributed by atoms with van der Waals surface area (Å²) in [6.45, 7) is 1.14. The summed E-state index contributed by atoms with van der Waals surface area (Å²) in [4.78, 5) is 28.2. The van der Waals surface area contributed by atoms with Gasteiger partial charge in [-0.05, 0) is 23.3 Å². The van der Waals surface area contributed by atoms with Crippen molar-refractivity contribution in [3.8, 4) is 17.0 Å². The largest absolute Gasteiger partial charge is 0.497 e. The maximum absolute atomic E-state index is 12.1. The number of imidazole rings is 1. The van der Waals surface area contributed by atoms with E-state index in [1.807, 2.05) is 72.7 Å².